The van der Waals surface area contributed by atoms with Crippen LogP contribution < -0.4 is 9.47 Å². The maximum Gasteiger partial charge on any atom is 0.303 e. The lowest BCUT2D eigenvalue weighted by Crippen LogP contribution is -2.66. The Bertz CT molecular complexity index is 1000. The van der Waals surface area contributed by atoms with E-state index < -0.39 is 54.1 Å². The Morgan fingerprint density at radius 1 is 0.886 bits per heavy atom. The number of carbonyl (C=O) groups excluding carboxylic acids is 4. The molecule has 1 saturated heterocycles. The Morgan fingerprint density at radius 2 is 1.51 bits per heavy atom. The van der Waals surface area contributed by atoms with Crippen molar-refractivity contribution >= 4 is 23.9 Å². The smallest absolute Gasteiger partial charge is 0.303 e. The number of esters is 4. The Hall–Kier alpha value is -3.38. The second-order valence-electron chi connectivity index (χ2n) is 7.96. The van der Waals surface area contributed by atoms with Gasteiger partial charge in [-0.05, 0) is 11.6 Å². The average Bonchev–Trinajstić information content (AvgIpc) is 3.14. The van der Waals surface area contributed by atoms with E-state index in [1.165, 1.54) is 21.1 Å². The summed E-state index contributed by atoms with van der Waals surface area (Å²) in [6.45, 7) is 4.26. The highest BCUT2D eigenvalue weighted by Gasteiger charge is 2.65. The second kappa shape index (κ2) is 10.5. The molecule has 1 aromatic carbocycles. The number of benzene rings is 1. The highest BCUT2D eigenvalue weighted by atomic mass is 16.8. The van der Waals surface area contributed by atoms with Gasteiger partial charge in [0.25, 0.3) is 0 Å². The first-order valence-electron chi connectivity index (χ1n) is 10.7. The molecule has 0 N–H and O–H groups in total. The zero-order valence-electron chi connectivity index (χ0n) is 20.3. The van der Waals surface area contributed by atoms with Crippen LogP contribution in [0, 0.1) is 0 Å². The monoisotopic (exact) mass is 496 g/mol. The molecule has 192 valence electrons. The molecule has 1 spiro atoms. The maximum absolute atomic E-state index is 12.2. The van der Waals surface area contributed by atoms with Crippen LogP contribution in [0.5, 0.6) is 11.5 Å². The minimum absolute atomic E-state index is 0.00797. The standard InChI is InChI=1S/C23H28O12/c1-11(24)30-10-18-20(32-12(2)25)21(33-13(3)26)22(34-14(4)27)23(35-18)19-15(9-31-23)7-16(28-5)8-17(19)29-6/h7-8,18,20-22H,9-10H2,1-6H3/t18-,20-,21+,22-,23+/m1/s1. The average molecular weight is 496 g/mol. The van der Waals surface area contributed by atoms with Gasteiger partial charge >= 0.3 is 23.9 Å². The van der Waals surface area contributed by atoms with Gasteiger partial charge in [0.05, 0.1) is 26.4 Å². The fourth-order valence-corrected chi connectivity index (χ4v) is 4.27. The summed E-state index contributed by atoms with van der Waals surface area (Å²) in [5, 5.41) is 0. The molecule has 2 aliphatic rings. The molecule has 2 aliphatic heterocycles. The summed E-state index contributed by atoms with van der Waals surface area (Å²) in [6.07, 6.45) is -5.28. The molecule has 1 aromatic rings. The summed E-state index contributed by atoms with van der Waals surface area (Å²) in [4.78, 5) is 47.8. The summed E-state index contributed by atoms with van der Waals surface area (Å²) in [5.41, 5.74) is 0.954. The fourth-order valence-electron chi connectivity index (χ4n) is 4.27. The van der Waals surface area contributed by atoms with Crippen molar-refractivity contribution in [3.63, 3.8) is 0 Å². The van der Waals surface area contributed by atoms with Gasteiger partial charge in [-0.15, -0.1) is 0 Å². The van der Waals surface area contributed by atoms with Crippen molar-refractivity contribution in [1.82, 2.24) is 0 Å². The van der Waals surface area contributed by atoms with Gasteiger partial charge in [0.1, 0.15) is 24.2 Å². The van der Waals surface area contributed by atoms with Gasteiger partial charge in [0.15, 0.2) is 12.2 Å². The van der Waals surface area contributed by atoms with E-state index >= 15 is 0 Å². The van der Waals surface area contributed by atoms with E-state index in [9.17, 15) is 19.2 Å². The number of rotatable bonds is 7. The Morgan fingerprint density at radius 3 is 2.06 bits per heavy atom. The SMILES string of the molecule is COc1cc2c(c(OC)c1)[C@]1(OC2)O[C@H](COC(C)=O)[C@@H](OC(C)=O)[C@H](OC(C)=O)[C@H]1OC(C)=O. The van der Waals surface area contributed by atoms with Gasteiger partial charge in [0, 0.05) is 33.8 Å². The number of hydrogen-bond acceptors (Lipinski definition) is 12. The van der Waals surface area contributed by atoms with Crippen molar-refractivity contribution in [1.29, 1.82) is 0 Å². The molecule has 0 aromatic heterocycles. The zero-order chi connectivity index (χ0) is 25.9. The van der Waals surface area contributed by atoms with E-state index in [1.807, 2.05) is 0 Å². The van der Waals surface area contributed by atoms with Crippen molar-refractivity contribution in [2.75, 3.05) is 20.8 Å². The van der Waals surface area contributed by atoms with Gasteiger partial charge < -0.3 is 37.9 Å². The van der Waals surface area contributed by atoms with Crippen LogP contribution in [0.1, 0.15) is 38.8 Å². The van der Waals surface area contributed by atoms with Gasteiger partial charge in [-0.2, -0.15) is 0 Å². The minimum Gasteiger partial charge on any atom is -0.497 e. The summed E-state index contributed by atoms with van der Waals surface area (Å²) < 4.78 is 44.9. The van der Waals surface area contributed by atoms with E-state index in [0.717, 1.165) is 20.8 Å². The van der Waals surface area contributed by atoms with E-state index in [4.69, 9.17) is 37.9 Å². The first kappa shape index (κ1) is 26.2. The highest BCUT2D eigenvalue weighted by Crippen LogP contribution is 2.52. The Labute approximate surface area is 201 Å². The molecular weight excluding hydrogens is 468 g/mol. The largest absolute Gasteiger partial charge is 0.497 e. The van der Waals surface area contributed by atoms with Crippen LogP contribution in [0.4, 0.5) is 0 Å². The lowest BCUT2D eigenvalue weighted by atomic mass is 9.86. The first-order chi connectivity index (χ1) is 16.5. The van der Waals surface area contributed by atoms with Crippen molar-refractivity contribution in [3.05, 3.63) is 23.3 Å². The van der Waals surface area contributed by atoms with Crippen LogP contribution in [0.2, 0.25) is 0 Å². The molecule has 12 heteroatoms. The topological polar surface area (TPSA) is 142 Å². The summed E-state index contributed by atoms with van der Waals surface area (Å²) in [6, 6.07) is 3.28. The molecule has 2 heterocycles. The molecule has 12 nitrogen and oxygen atoms in total. The lowest BCUT2D eigenvalue weighted by molar-refractivity contribution is -0.370. The molecule has 0 aliphatic carbocycles. The molecule has 3 rings (SSSR count). The zero-order valence-corrected chi connectivity index (χ0v) is 20.3. The number of carbonyl (C=O) groups is 4. The number of hydrogen-bond donors (Lipinski definition) is 0. The second-order valence-corrected chi connectivity index (χ2v) is 7.96. The summed E-state index contributed by atoms with van der Waals surface area (Å²) in [7, 11) is 2.91. The van der Waals surface area contributed by atoms with E-state index in [-0.39, 0.29) is 19.0 Å². The van der Waals surface area contributed by atoms with Gasteiger partial charge in [-0.1, -0.05) is 0 Å². The third kappa shape index (κ3) is 5.33. The normalized spacial score (nSPS) is 26.9. The van der Waals surface area contributed by atoms with Crippen molar-refractivity contribution in [2.24, 2.45) is 0 Å². The molecule has 5 atom stereocenters. The van der Waals surface area contributed by atoms with Crippen LogP contribution in [-0.2, 0) is 60.0 Å². The van der Waals surface area contributed by atoms with Crippen LogP contribution in [0.15, 0.2) is 12.1 Å². The van der Waals surface area contributed by atoms with Crippen molar-refractivity contribution < 1.29 is 57.1 Å². The molecule has 35 heavy (non-hydrogen) atoms. The van der Waals surface area contributed by atoms with Crippen LogP contribution >= 0.6 is 0 Å². The molecule has 0 radical (unpaired) electrons. The van der Waals surface area contributed by atoms with Gasteiger partial charge in [-0.3, -0.25) is 19.2 Å². The molecule has 0 bridgehead atoms. The number of fused-ring (bicyclic) bond motifs is 2. The quantitative estimate of drug-likeness (QED) is 0.395. The fraction of sp³-hybridized carbons (Fsp3) is 0.565. The number of methoxy groups -OCH3 is 2. The Balaban J connectivity index is 2.23. The molecule has 0 unspecified atom stereocenters. The predicted octanol–water partition coefficient (Wildman–Crippen LogP) is 1.14. The number of ether oxygens (including phenoxy) is 8. The molecular formula is C23H28O12. The van der Waals surface area contributed by atoms with Crippen LogP contribution in [-0.4, -0.2) is 69.1 Å². The summed E-state index contributed by atoms with van der Waals surface area (Å²) in [5.74, 6) is -3.92. The van der Waals surface area contributed by atoms with Crippen molar-refractivity contribution in [2.45, 2.75) is 64.5 Å². The first-order valence-corrected chi connectivity index (χ1v) is 10.7. The minimum atomic E-state index is -1.86. The summed E-state index contributed by atoms with van der Waals surface area (Å²) >= 11 is 0. The van der Waals surface area contributed by atoms with Crippen molar-refractivity contribution in [3.8, 4) is 11.5 Å². The molecule has 1 fully saturated rings. The van der Waals surface area contributed by atoms with E-state index in [0.29, 0.717) is 16.9 Å². The Kier molecular flexibility index (Phi) is 7.86. The molecule has 0 saturated carbocycles. The van der Waals surface area contributed by atoms with Gasteiger partial charge in [-0.25, -0.2) is 0 Å². The lowest BCUT2D eigenvalue weighted by Gasteiger charge is -2.49. The van der Waals surface area contributed by atoms with E-state index in [2.05, 4.69) is 0 Å². The van der Waals surface area contributed by atoms with Crippen LogP contribution in [0.3, 0.4) is 0 Å². The van der Waals surface area contributed by atoms with Gasteiger partial charge in [0.2, 0.25) is 11.9 Å². The third-order valence-corrected chi connectivity index (χ3v) is 5.44. The van der Waals surface area contributed by atoms with Crippen LogP contribution in [0.25, 0.3) is 0 Å². The maximum atomic E-state index is 12.2. The van der Waals surface area contributed by atoms with E-state index in [1.54, 1.807) is 12.1 Å². The third-order valence-electron chi connectivity index (χ3n) is 5.44. The highest BCUT2D eigenvalue weighted by molar-refractivity contribution is 5.69. The molecule has 0 amide bonds. The predicted molar refractivity (Wildman–Crippen MR) is 114 cm³/mol.